The average molecular weight is 359 g/mol. The van der Waals surface area contributed by atoms with Gasteiger partial charge in [0.15, 0.2) is 5.16 Å². The maximum absolute atomic E-state index is 12.7. The van der Waals surface area contributed by atoms with Crippen LogP contribution in [0.25, 0.3) is 0 Å². The number of carbonyl (C=O) groups is 1. The lowest BCUT2D eigenvalue weighted by atomic mass is 10.0. The minimum absolute atomic E-state index is 0.225. The van der Waals surface area contributed by atoms with Crippen molar-refractivity contribution in [3.05, 3.63) is 41.7 Å². The number of hydrogen-bond acceptors (Lipinski definition) is 4. The molecule has 0 N–H and O–H groups in total. The van der Waals surface area contributed by atoms with Gasteiger partial charge in [0, 0.05) is 12.6 Å². The number of amides is 1. The molecule has 1 unspecified atom stereocenters. The molecule has 0 radical (unpaired) electrons. The van der Waals surface area contributed by atoms with Crippen molar-refractivity contribution in [2.75, 3.05) is 12.3 Å². The minimum atomic E-state index is 0.225. The smallest absolute Gasteiger partial charge is 0.233 e. The van der Waals surface area contributed by atoms with Gasteiger partial charge in [0.25, 0.3) is 0 Å². The highest BCUT2D eigenvalue weighted by Crippen LogP contribution is 2.23. The zero-order chi connectivity index (χ0) is 17.6. The van der Waals surface area contributed by atoms with Crippen LogP contribution in [0, 0.1) is 6.92 Å². The Morgan fingerprint density at radius 2 is 2.04 bits per heavy atom. The van der Waals surface area contributed by atoms with E-state index in [0.29, 0.717) is 11.8 Å². The summed E-state index contributed by atoms with van der Waals surface area (Å²) in [5, 5.41) is 9.29. The molecule has 2 aromatic rings. The number of hydrogen-bond donors (Lipinski definition) is 0. The van der Waals surface area contributed by atoms with E-state index < -0.39 is 0 Å². The third kappa shape index (κ3) is 4.42. The molecule has 25 heavy (non-hydrogen) atoms. The molecule has 0 aliphatic carbocycles. The summed E-state index contributed by atoms with van der Waals surface area (Å²) in [6.07, 6.45) is 4.53. The summed E-state index contributed by atoms with van der Waals surface area (Å²) in [4.78, 5) is 14.7. The molecule has 5 nitrogen and oxygen atoms in total. The number of nitrogens with zero attached hydrogens (tertiary/aromatic N) is 4. The highest BCUT2D eigenvalue weighted by molar-refractivity contribution is 7.99. The molecule has 6 heteroatoms. The molecule has 0 saturated carbocycles. The fourth-order valence-corrected chi connectivity index (χ4v) is 4.25. The van der Waals surface area contributed by atoms with Crippen molar-refractivity contribution in [3.8, 4) is 0 Å². The summed E-state index contributed by atoms with van der Waals surface area (Å²) in [7, 11) is 0. The number of aromatic nitrogens is 3. The van der Waals surface area contributed by atoms with Gasteiger partial charge in [-0.2, -0.15) is 0 Å². The van der Waals surface area contributed by atoms with Crippen molar-refractivity contribution < 1.29 is 4.79 Å². The summed E-state index contributed by atoms with van der Waals surface area (Å²) in [6.45, 7) is 5.76. The van der Waals surface area contributed by atoms with E-state index in [1.807, 2.05) is 25.1 Å². The van der Waals surface area contributed by atoms with Gasteiger partial charge in [-0.1, -0.05) is 49.0 Å². The molecule has 0 bridgehead atoms. The molecule has 3 rings (SSSR count). The Hall–Kier alpha value is -1.82. The second-order valence-corrected chi connectivity index (χ2v) is 7.48. The third-order valence-electron chi connectivity index (χ3n) is 4.83. The zero-order valence-electron chi connectivity index (χ0n) is 15.0. The molecule has 1 aromatic carbocycles. The van der Waals surface area contributed by atoms with Crippen LogP contribution >= 0.6 is 11.8 Å². The van der Waals surface area contributed by atoms with E-state index in [4.69, 9.17) is 0 Å². The lowest BCUT2D eigenvalue weighted by Crippen LogP contribution is -2.44. The highest BCUT2D eigenvalue weighted by atomic mass is 32.2. The van der Waals surface area contributed by atoms with Gasteiger partial charge in [-0.15, -0.1) is 10.2 Å². The van der Waals surface area contributed by atoms with Crippen LogP contribution in [0.4, 0.5) is 0 Å². The molecule has 134 valence electrons. The Morgan fingerprint density at radius 1 is 1.24 bits per heavy atom. The number of likely N-dealkylation sites (tertiary alicyclic amines) is 1. The first-order valence-corrected chi connectivity index (χ1v) is 10.0. The van der Waals surface area contributed by atoms with E-state index in [-0.39, 0.29) is 5.91 Å². The molecular weight excluding hydrogens is 332 g/mol. The first-order chi connectivity index (χ1) is 12.2. The lowest BCUT2D eigenvalue weighted by molar-refractivity contribution is -0.132. The number of piperidine rings is 1. The van der Waals surface area contributed by atoms with Crippen LogP contribution in [0.15, 0.2) is 35.5 Å². The van der Waals surface area contributed by atoms with Gasteiger partial charge in [-0.25, -0.2) is 0 Å². The quantitative estimate of drug-likeness (QED) is 0.742. The average Bonchev–Trinajstić information content (AvgIpc) is 3.00. The van der Waals surface area contributed by atoms with E-state index in [9.17, 15) is 4.79 Å². The molecular formula is C19H26N4OS. The Labute approximate surface area is 153 Å². The van der Waals surface area contributed by atoms with Gasteiger partial charge in [0.1, 0.15) is 5.82 Å². The Bertz CT molecular complexity index is 701. The van der Waals surface area contributed by atoms with Crippen LogP contribution in [0.2, 0.25) is 0 Å². The molecule has 1 fully saturated rings. The van der Waals surface area contributed by atoms with Gasteiger partial charge in [0.2, 0.25) is 5.91 Å². The Kier molecular flexibility index (Phi) is 6.13. The van der Waals surface area contributed by atoms with E-state index in [1.54, 1.807) is 0 Å². The van der Waals surface area contributed by atoms with E-state index >= 15 is 0 Å². The van der Waals surface area contributed by atoms with Crippen LogP contribution in [0.1, 0.15) is 44.0 Å². The maximum atomic E-state index is 12.7. The SMILES string of the molecule is CCC1CCCCN1C(=O)CSc1nnc(C)n1Cc1ccccc1. The van der Waals surface area contributed by atoms with Crippen molar-refractivity contribution in [2.24, 2.45) is 0 Å². The number of rotatable bonds is 6. The van der Waals surface area contributed by atoms with Crippen molar-refractivity contribution in [1.82, 2.24) is 19.7 Å². The fraction of sp³-hybridized carbons (Fsp3) is 0.526. The first kappa shape index (κ1) is 18.0. The van der Waals surface area contributed by atoms with Crippen LogP contribution in [0.5, 0.6) is 0 Å². The van der Waals surface area contributed by atoms with Gasteiger partial charge in [-0.05, 0) is 38.2 Å². The topological polar surface area (TPSA) is 51.0 Å². The third-order valence-corrected chi connectivity index (χ3v) is 5.78. The largest absolute Gasteiger partial charge is 0.339 e. The second-order valence-electron chi connectivity index (χ2n) is 6.54. The molecule has 1 aliphatic rings. The molecule has 1 aliphatic heterocycles. The highest BCUT2D eigenvalue weighted by Gasteiger charge is 2.25. The first-order valence-electron chi connectivity index (χ1n) is 9.05. The molecule has 1 saturated heterocycles. The number of thioether (sulfide) groups is 1. The predicted molar refractivity (Wildman–Crippen MR) is 101 cm³/mol. The molecule has 1 aromatic heterocycles. The Balaban J connectivity index is 1.64. The van der Waals surface area contributed by atoms with Crippen LogP contribution in [-0.2, 0) is 11.3 Å². The van der Waals surface area contributed by atoms with Crippen molar-refractivity contribution in [2.45, 2.75) is 57.3 Å². The van der Waals surface area contributed by atoms with E-state index in [2.05, 4.69) is 38.7 Å². The lowest BCUT2D eigenvalue weighted by Gasteiger charge is -2.35. The number of benzene rings is 1. The van der Waals surface area contributed by atoms with E-state index in [0.717, 1.165) is 43.3 Å². The fourth-order valence-electron chi connectivity index (χ4n) is 3.38. The maximum Gasteiger partial charge on any atom is 0.233 e. The molecule has 1 amide bonds. The summed E-state index contributed by atoms with van der Waals surface area (Å²) < 4.78 is 2.08. The van der Waals surface area contributed by atoms with Gasteiger partial charge in [-0.3, -0.25) is 4.79 Å². The van der Waals surface area contributed by atoms with Gasteiger partial charge in [0.05, 0.1) is 12.3 Å². The monoisotopic (exact) mass is 358 g/mol. The van der Waals surface area contributed by atoms with Crippen LogP contribution < -0.4 is 0 Å². The minimum Gasteiger partial charge on any atom is -0.339 e. The Morgan fingerprint density at radius 3 is 2.80 bits per heavy atom. The second kappa shape index (κ2) is 8.52. The zero-order valence-corrected chi connectivity index (χ0v) is 15.8. The molecule has 2 heterocycles. The molecule has 0 spiro atoms. The van der Waals surface area contributed by atoms with Crippen LogP contribution in [0.3, 0.4) is 0 Å². The van der Waals surface area contributed by atoms with E-state index in [1.165, 1.54) is 23.7 Å². The normalized spacial score (nSPS) is 17.7. The summed E-state index contributed by atoms with van der Waals surface area (Å²) in [6, 6.07) is 10.7. The molecule has 1 atom stereocenters. The number of carbonyl (C=O) groups excluding carboxylic acids is 1. The van der Waals surface area contributed by atoms with Gasteiger partial charge >= 0.3 is 0 Å². The summed E-state index contributed by atoms with van der Waals surface area (Å²) in [5.41, 5.74) is 1.21. The van der Waals surface area contributed by atoms with Crippen molar-refractivity contribution >= 4 is 17.7 Å². The predicted octanol–water partition coefficient (Wildman–Crippen LogP) is 3.52. The summed E-state index contributed by atoms with van der Waals surface area (Å²) >= 11 is 1.50. The standard InChI is InChI=1S/C19H26N4OS/c1-3-17-11-7-8-12-22(17)18(24)14-25-19-21-20-15(2)23(19)13-16-9-5-4-6-10-16/h4-6,9-10,17H,3,7-8,11-14H2,1-2H3. The van der Waals surface area contributed by atoms with Crippen molar-refractivity contribution in [3.63, 3.8) is 0 Å². The van der Waals surface area contributed by atoms with Crippen LogP contribution in [-0.4, -0.2) is 43.9 Å². The van der Waals surface area contributed by atoms with Gasteiger partial charge < -0.3 is 9.47 Å². The summed E-state index contributed by atoms with van der Waals surface area (Å²) in [5.74, 6) is 1.54. The van der Waals surface area contributed by atoms with Crippen molar-refractivity contribution in [1.29, 1.82) is 0 Å². The number of aryl methyl sites for hydroxylation is 1.